The molecule has 10 N–H and O–H groups in total. The summed E-state index contributed by atoms with van der Waals surface area (Å²) >= 11 is 0. The predicted octanol–water partition coefficient (Wildman–Crippen LogP) is -0.601. The van der Waals surface area contributed by atoms with Crippen LogP contribution in [-0.4, -0.2) is 157 Å². The summed E-state index contributed by atoms with van der Waals surface area (Å²) in [5.41, 5.74) is 0. The number of hydrogen-bond donors (Lipinski definition) is 10. The molecule has 0 aliphatic rings. The third-order valence-corrected chi connectivity index (χ3v) is 9.37. The fraction of sp³-hybridized carbons (Fsp3) is 1.00. The van der Waals surface area contributed by atoms with Gasteiger partial charge in [-0.3, -0.25) is 4.90 Å². The van der Waals surface area contributed by atoms with E-state index in [1.54, 1.807) is 0 Å². The second-order valence-corrected chi connectivity index (χ2v) is 16.3. The molecule has 0 aromatic rings. The molecule has 4 unspecified atom stereocenters. The average molecular weight is 691 g/mol. The van der Waals surface area contributed by atoms with Crippen LogP contribution >= 0.6 is 0 Å². The molecule has 0 rings (SSSR count). The van der Waals surface area contributed by atoms with E-state index < -0.39 is 35.9 Å². The Labute approximate surface area is 272 Å². The first-order chi connectivity index (χ1) is 21.3. The zero-order valence-corrected chi connectivity index (χ0v) is 29.8. The summed E-state index contributed by atoms with van der Waals surface area (Å²) < 4.78 is 16.5. The van der Waals surface area contributed by atoms with Crippen LogP contribution in [-0.2, 0) is 14.2 Å². The third kappa shape index (κ3) is 32.2. The molecule has 0 fully saturated rings. The summed E-state index contributed by atoms with van der Waals surface area (Å²) in [6.07, 6.45) is 6.70. The zero-order valence-electron chi connectivity index (χ0n) is 27.8. The van der Waals surface area contributed by atoms with Crippen molar-refractivity contribution in [1.29, 1.82) is 0 Å². The topological polar surface area (TPSA) is 225 Å². The highest BCUT2D eigenvalue weighted by Crippen LogP contribution is 2.13. The lowest BCUT2D eigenvalue weighted by Gasteiger charge is -2.27. The number of unbranched alkanes of at least 4 members (excludes halogenated alkanes) is 4. The van der Waals surface area contributed by atoms with Crippen LogP contribution < -0.4 is 5.32 Å². The van der Waals surface area contributed by atoms with Gasteiger partial charge in [-0.25, -0.2) is 0 Å². The van der Waals surface area contributed by atoms with Gasteiger partial charge in [-0.2, -0.15) is 0 Å². The first-order valence-corrected chi connectivity index (χ1v) is 20.9. The maximum Gasteiger partial charge on any atom is 0.492 e. The molecule has 4 atom stereocenters. The molecule has 0 saturated heterocycles. The monoisotopic (exact) mass is 690 g/mol. The van der Waals surface area contributed by atoms with Gasteiger partial charge in [-0.1, -0.05) is 46.0 Å². The maximum absolute atomic E-state index is 10.5. The van der Waals surface area contributed by atoms with Gasteiger partial charge < -0.3 is 63.6 Å². The molecule has 0 aromatic heterocycles. The maximum atomic E-state index is 10.5. The summed E-state index contributed by atoms with van der Waals surface area (Å²) in [5.74, 6) is 0.555. The van der Waals surface area contributed by atoms with Crippen LogP contribution in [0, 0.1) is 5.92 Å². The van der Waals surface area contributed by atoms with E-state index in [-0.39, 0.29) is 64.4 Å². The molecular formula is C29H66N2O12Si2. The number of ether oxygens (including phenoxy) is 3. The van der Waals surface area contributed by atoms with Gasteiger partial charge >= 0.3 is 17.6 Å². The van der Waals surface area contributed by atoms with Gasteiger partial charge in [0.2, 0.25) is 0 Å². The van der Waals surface area contributed by atoms with Crippen molar-refractivity contribution in [3.63, 3.8) is 0 Å². The lowest BCUT2D eigenvalue weighted by Crippen LogP contribution is -2.41. The van der Waals surface area contributed by atoms with Crippen molar-refractivity contribution in [3.8, 4) is 0 Å². The van der Waals surface area contributed by atoms with E-state index in [4.69, 9.17) is 43.0 Å². The zero-order chi connectivity index (χ0) is 34.0. The van der Waals surface area contributed by atoms with E-state index in [0.29, 0.717) is 32.2 Å². The number of aliphatic hydroxyl groups excluding tert-OH is 3. The van der Waals surface area contributed by atoms with Crippen molar-refractivity contribution in [1.82, 2.24) is 10.2 Å². The normalized spacial score (nSPS) is 15.5. The Bertz CT molecular complexity index is 630. The van der Waals surface area contributed by atoms with E-state index in [0.717, 1.165) is 38.6 Å². The van der Waals surface area contributed by atoms with Crippen LogP contribution in [0.5, 0.6) is 0 Å². The Morgan fingerprint density at radius 1 is 0.622 bits per heavy atom. The SMILES string of the molecule is CCCCC(CC)COCC(O)CNCCCCCCN(CC(O)COCCC[Si](O)(O)O)CC(O)COCCC[Si](O)(O)O. The second kappa shape index (κ2) is 27.8. The van der Waals surface area contributed by atoms with Gasteiger partial charge in [0.15, 0.2) is 0 Å². The first-order valence-electron chi connectivity index (χ1n) is 16.8. The van der Waals surface area contributed by atoms with Crippen LogP contribution in [0.1, 0.15) is 78.1 Å². The molecule has 0 amide bonds. The van der Waals surface area contributed by atoms with Crippen LogP contribution in [0.4, 0.5) is 0 Å². The van der Waals surface area contributed by atoms with Crippen molar-refractivity contribution in [2.24, 2.45) is 5.92 Å². The van der Waals surface area contributed by atoms with Gasteiger partial charge in [0.1, 0.15) is 0 Å². The third-order valence-electron chi connectivity index (χ3n) is 7.33. The Balaban J connectivity index is 4.32. The number of nitrogens with zero attached hydrogens (tertiary/aromatic N) is 1. The quantitative estimate of drug-likeness (QED) is 0.0307. The van der Waals surface area contributed by atoms with E-state index in [2.05, 4.69) is 19.2 Å². The van der Waals surface area contributed by atoms with Gasteiger partial charge in [0, 0.05) is 51.5 Å². The number of nitrogens with one attached hydrogen (secondary N) is 1. The van der Waals surface area contributed by atoms with E-state index in [9.17, 15) is 15.3 Å². The summed E-state index contributed by atoms with van der Waals surface area (Å²) in [5, 5.41) is 34.4. The number of rotatable bonds is 33. The largest absolute Gasteiger partial charge is 0.492 e. The van der Waals surface area contributed by atoms with Crippen molar-refractivity contribution >= 4 is 17.6 Å². The Morgan fingerprint density at radius 3 is 1.67 bits per heavy atom. The Kier molecular flexibility index (Phi) is 27.7. The summed E-state index contributed by atoms with van der Waals surface area (Å²) in [7, 11) is -8.20. The molecule has 14 nitrogen and oxygen atoms in total. The lowest BCUT2D eigenvalue weighted by molar-refractivity contribution is -0.0107. The highest BCUT2D eigenvalue weighted by Gasteiger charge is 2.26. The van der Waals surface area contributed by atoms with Gasteiger partial charge in [0.25, 0.3) is 0 Å². The molecule has 0 aliphatic heterocycles. The minimum atomic E-state index is -4.10. The highest BCUT2D eigenvalue weighted by atomic mass is 28.4. The van der Waals surface area contributed by atoms with Crippen molar-refractivity contribution in [3.05, 3.63) is 0 Å². The van der Waals surface area contributed by atoms with Gasteiger partial charge in [0.05, 0.1) is 38.1 Å². The molecule has 0 bridgehead atoms. The highest BCUT2D eigenvalue weighted by molar-refractivity contribution is 6.56. The molecule has 0 radical (unpaired) electrons. The van der Waals surface area contributed by atoms with Crippen molar-refractivity contribution < 1.29 is 58.3 Å². The molecule has 0 heterocycles. The minimum Gasteiger partial charge on any atom is -0.390 e. The van der Waals surface area contributed by atoms with E-state index >= 15 is 0 Å². The van der Waals surface area contributed by atoms with Crippen LogP contribution in [0.25, 0.3) is 0 Å². The fourth-order valence-corrected chi connectivity index (χ4v) is 5.99. The average Bonchev–Trinajstić information content (AvgIpc) is 2.94. The van der Waals surface area contributed by atoms with Crippen molar-refractivity contribution in [2.45, 2.75) is 108 Å². The van der Waals surface area contributed by atoms with Gasteiger partial charge in [-0.05, 0) is 51.1 Å². The molecule has 0 saturated carbocycles. The first kappa shape index (κ1) is 44.9. The van der Waals surface area contributed by atoms with Crippen LogP contribution in [0.2, 0.25) is 12.1 Å². The molecule has 0 aliphatic carbocycles. The molecule has 0 spiro atoms. The molecule has 272 valence electrons. The fourth-order valence-electron chi connectivity index (χ4n) is 4.76. The molecular weight excluding hydrogens is 624 g/mol. The molecule has 0 aromatic carbocycles. The van der Waals surface area contributed by atoms with E-state index in [1.807, 2.05) is 4.90 Å². The smallest absolute Gasteiger partial charge is 0.390 e. The molecule has 16 heteroatoms. The van der Waals surface area contributed by atoms with Gasteiger partial charge in [-0.15, -0.1) is 0 Å². The van der Waals surface area contributed by atoms with Crippen LogP contribution in [0.3, 0.4) is 0 Å². The Morgan fingerprint density at radius 2 is 1.16 bits per heavy atom. The van der Waals surface area contributed by atoms with Crippen LogP contribution in [0.15, 0.2) is 0 Å². The lowest BCUT2D eigenvalue weighted by atomic mass is 10.0. The standard InChI is InChI=1S/C29H66N2O12Si2/c1-3-5-12-26(4-2)22-43-23-27(32)19-30-13-8-6-7-9-14-31(20-28(33)24-41-15-10-17-44(35,36)37)21-29(34)25-42-16-11-18-45(38,39)40/h26-30,32-40H,3-25H2,1-2H3. The summed E-state index contributed by atoms with van der Waals surface area (Å²) in [6.45, 7) is 8.20. The molecule has 45 heavy (non-hydrogen) atoms. The number of hydrogen-bond acceptors (Lipinski definition) is 14. The van der Waals surface area contributed by atoms with E-state index in [1.165, 1.54) is 19.3 Å². The summed E-state index contributed by atoms with van der Waals surface area (Å²) in [6, 6.07) is -0.273. The van der Waals surface area contributed by atoms with Crippen molar-refractivity contribution in [2.75, 3.05) is 72.4 Å². The minimum absolute atomic E-state index is 0.0235. The summed E-state index contributed by atoms with van der Waals surface area (Å²) in [4.78, 5) is 56.3. The number of aliphatic hydroxyl groups is 3. The Hall–Kier alpha value is -0.126. The second-order valence-electron chi connectivity index (χ2n) is 12.2. The predicted molar refractivity (Wildman–Crippen MR) is 175 cm³/mol.